The zero-order chi connectivity index (χ0) is 11.8. The van der Waals surface area contributed by atoms with Crippen molar-refractivity contribution in [1.82, 2.24) is 0 Å². The Morgan fingerprint density at radius 2 is 1.76 bits per heavy atom. The lowest BCUT2D eigenvalue weighted by Gasteiger charge is -2.15. The summed E-state index contributed by atoms with van der Waals surface area (Å²) in [7, 11) is -4.16. The van der Waals surface area contributed by atoms with Crippen molar-refractivity contribution in [2.24, 2.45) is 0 Å². The molecule has 7 heteroatoms. The fraction of sp³-hybridized carbons (Fsp3) is 0.300. The first-order chi connectivity index (χ1) is 7.48. The molecule has 0 radical (unpaired) electrons. The van der Waals surface area contributed by atoms with E-state index >= 15 is 0 Å². The van der Waals surface area contributed by atoms with Crippen molar-refractivity contribution < 1.29 is 17.8 Å². The van der Waals surface area contributed by atoms with Gasteiger partial charge in [0.05, 0.1) is 4.90 Å². The molecule has 94 valence electrons. The molecule has 2 rings (SSSR count). The van der Waals surface area contributed by atoms with E-state index in [1.807, 2.05) is 0 Å². The first kappa shape index (κ1) is 14.0. The molecule has 0 spiro atoms. The molecule has 1 aromatic carbocycles. The largest absolute Gasteiger partial charge is 0.312 e. The van der Waals surface area contributed by atoms with Crippen LogP contribution in [0.25, 0.3) is 0 Å². The predicted molar refractivity (Wildman–Crippen MR) is 65.1 cm³/mol. The minimum Gasteiger partial charge on any atom is -0.312 e. The maximum atomic E-state index is 11.4. The number of nitrogens with zero attached hydrogens (tertiary/aromatic N) is 1. The smallest absolute Gasteiger partial charge is 0.294 e. The molecule has 1 amide bonds. The quantitative estimate of drug-likeness (QED) is 0.831. The lowest BCUT2D eigenvalue weighted by molar-refractivity contribution is -0.117. The van der Waals surface area contributed by atoms with Crippen LogP contribution in [0.1, 0.15) is 12.8 Å². The van der Waals surface area contributed by atoms with Crippen LogP contribution in [0.15, 0.2) is 29.2 Å². The Bertz CT molecular complexity index is 512. The van der Waals surface area contributed by atoms with E-state index in [4.69, 9.17) is 4.55 Å². The highest BCUT2D eigenvalue weighted by Crippen LogP contribution is 2.22. The molecule has 0 aliphatic carbocycles. The summed E-state index contributed by atoms with van der Waals surface area (Å²) >= 11 is 0. The Kier molecular flexibility index (Phi) is 4.13. The number of amides is 1. The SMILES string of the molecule is Cl.O=C1CCCN1c1ccc(S(=O)(=O)O)cc1. The number of anilines is 1. The molecule has 0 unspecified atom stereocenters. The average Bonchev–Trinajstić information content (AvgIpc) is 2.63. The summed E-state index contributed by atoms with van der Waals surface area (Å²) in [6, 6.07) is 5.62. The average molecular weight is 278 g/mol. The molecule has 1 fully saturated rings. The molecule has 1 aliphatic rings. The highest BCUT2D eigenvalue weighted by molar-refractivity contribution is 7.85. The van der Waals surface area contributed by atoms with E-state index in [1.54, 1.807) is 4.90 Å². The van der Waals surface area contributed by atoms with Gasteiger partial charge >= 0.3 is 0 Å². The third kappa shape index (κ3) is 2.96. The first-order valence-corrected chi connectivity index (χ1v) is 6.30. The summed E-state index contributed by atoms with van der Waals surface area (Å²) in [4.78, 5) is 12.9. The molecule has 1 N–H and O–H groups in total. The molecule has 1 aromatic rings. The van der Waals surface area contributed by atoms with E-state index in [1.165, 1.54) is 24.3 Å². The normalized spacial score (nSPS) is 15.8. The minimum atomic E-state index is -4.16. The van der Waals surface area contributed by atoms with E-state index in [2.05, 4.69) is 0 Å². The van der Waals surface area contributed by atoms with Gasteiger partial charge in [-0.3, -0.25) is 9.35 Å². The second-order valence-corrected chi connectivity index (χ2v) is 5.04. The van der Waals surface area contributed by atoms with Crippen LogP contribution < -0.4 is 4.90 Å². The molecule has 1 saturated heterocycles. The molecule has 17 heavy (non-hydrogen) atoms. The Hall–Kier alpha value is -1.11. The number of carbonyl (C=O) groups excluding carboxylic acids is 1. The van der Waals surface area contributed by atoms with Crippen LogP contribution >= 0.6 is 12.4 Å². The molecule has 1 aliphatic heterocycles. The summed E-state index contributed by atoms with van der Waals surface area (Å²) in [6.07, 6.45) is 1.35. The Morgan fingerprint density at radius 3 is 2.18 bits per heavy atom. The van der Waals surface area contributed by atoms with Gasteiger partial charge in [-0.05, 0) is 30.7 Å². The fourth-order valence-electron chi connectivity index (χ4n) is 1.72. The molecule has 5 nitrogen and oxygen atoms in total. The van der Waals surface area contributed by atoms with Gasteiger partial charge in [-0.25, -0.2) is 0 Å². The van der Waals surface area contributed by atoms with Gasteiger partial charge in [-0.1, -0.05) is 0 Å². The molecular formula is C10H12ClNO4S. The second kappa shape index (κ2) is 5.03. The van der Waals surface area contributed by atoms with Crippen LogP contribution in [0.4, 0.5) is 5.69 Å². The van der Waals surface area contributed by atoms with Gasteiger partial charge in [0.1, 0.15) is 0 Å². The zero-order valence-corrected chi connectivity index (χ0v) is 10.5. The van der Waals surface area contributed by atoms with Crippen molar-refractivity contribution in [2.75, 3.05) is 11.4 Å². The van der Waals surface area contributed by atoms with Crippen LogP contribution in [0.5, 0.6) is 0 Å². The van der Waals surface area contributed by atoms with Gasteiger partial charge in [0.2, 0.25) is 5.91 Å². The Labute approximate surface area is 106 Å². The van der Waals surface area contributed by atoms with E-state index in [0.29, 0.717) is 18.7 Å². The van der Waals surface area contributed by atoms with Gasteiger partial charge < -0.3 is 4.90 Å². The molecule has 0 bridgehead atoms. The van der Waals surface area contributed by atoms with Crippen molar-refractivity contribution in [3.63, 3.8) is 0 Å². The summed E-state index contributed by atoms with van der Waals surface area (Å²) in [5.41, 5.74) is 0.662. The summed E-state index contributed by atoms with van der Waals surface area (Å²) < 4.78 is 30.4. The highest BCUT2D eigenvalue weighted by Gasteiger charge is 2.21. The molecule has 0 saturated carbocycles. The van der Waals surface area contributed by atoms with Gasteiger partial charge in [0.25, 0.3) is 10.1 Å². The van der Waals surface area contributed by atoms with E-state index in [-0.39, 0.29) is 23.2 Å². The van der Waals surface area contributed by atoms with Gasteiger partial charge in [0.15, 0.2) is 0 Å². The fourth-order valence-corrected chi connectivity index (χ4v) is 2.20. The molecule has 0 aromatic heterocycles. The standard InChI is InChI=1S/C10H11NO4S.ClH/c12-10-2-1-7-11(10)8-3-5-9(6-4-8)16(13,14)15;/h3-6H,1-2,7H2,(H,13,14,15);1H. The second-order valence-electron chi connectivity index (χ2n) is 3.62. The third-order valence-corrected chi connectivity index (χ3v) is 3.39. The molecular weight excluding hydrogens is 266 g/mol. The van der Waals surface area contributed by atoms with Crippen LogP contribution in [0, 0.1) is 0 Å². The van der Waals surface area contributed by atoms with Crippen LogP contribution in [0.2, 0.25) is 0 Å². The topological polar surface area (TPSA) is 74.7 Å². The number of halogens is 1. The maximum absolute atomic E-state index is 11.4. The maximum Gasteiger partial charge on any atom is 0.294 e. The Morgan fingerprint density at radius 1 is 1.18 bits per heavy atom. The van der Waals surface area contributed by atoms with Crippen molar-refractivity contribution >= 4 is 34.1 Å². The van der Waals surface area contributed by atoms with Crippen molar-refractivity contribution in [2.45, 2.75) is 17.7 Å². The van der Waals surface area contributed by atoms with E-state index < -0.39 is 10.1 Å². The first-order valence-electron chi connectivity index (χ1n) is 4.86. The van der Waals surface area contributed by atoms with Crippen LogP contribution in [0.3, 0.4) is 0 Å². The highest BCUT2D eigenvalue weighted by atomic mass is 35.5. The van der Waals surface area contributed by atoms with Crippen molar-refractivity contribution in [3.8, 4) is 0 Å². The molecule has 1 heterocycles. The number of carbonyl (C=O) groups is 1. The lowest BCUT2D eigenvalue weighted by Crippen LogP contribution is -2.23. The van der Waals surface area contributed by atoms with Gasteiger partial charge in [-0.2, -0.15) is 8.42 Å². The van der Waals surface area contributed by atoms with Gasteiger partial charge in [0, 0.05) is 18.7 Å². The summed E-state index contributed by atoms with van der Waals surface area (Å²) in [5, 5.41) is 0. The summed E-state index contributed by atoms with van der Waals surface area (Å²) in [6.45, 7) is 0.657. The Balaban J connectivity index is 0.00000144. The number of hydrogen-bond donors (Lipinski definition) is 1. The third-order valence-electron chi connectivity index (χ3n) is 2.52. The number of rotatable bonds is 2. The molecule has 0 atom stereocenters. The van der Waals surface area contributed by atoms with E-state index in [0.717, 1.165) is 6.42 Å². The zero-order valence-electron chi connectivity index (χ0n) is 8.87. The number of benzene rings is 1. The van der Waals surface area contributed by atoms with Crippen molar-refractivity contribution in [1.29, 1.82) is 0 Å². The van der Waals surface area contributed by atoms with Gasteiger partial charge in [-0.15, -0.1) is 12.4 Å². The minimum absolute atomic E-state index is 0. The van der Waals surface area contributed by atoms with Crippen molar-refractivity contribution in [3.05, 3.63) is 24.3 Å². The monoisotopic (exact) mass is 277 g/mol. The van der Waals surface area contributed by atoms with Crippen LogP contribution in [-0.2, 0) is 14.9 Å². The number of hydrogen-bond acceptors (Lipinski definition) is 3. The van der Waals surface area contributed by atoms with Crippen LogP contribution in [-0.4, -0.2) is 25.4 Å². The van der Waals surface area contributed by atoms with E-state index in [9.17, 15) is 13.2 Å². The lowest BCUT2D eigenvalue weighted by atomic mass is 10.3. The predicted octanol–water partition coefficient (Wildman–Crippen LogP) is 1.48. The summed E-state index contributed by atoms with van der Waals surface area (Å²) in [5.74, 6) is 0.0413.